The summed E-state index contributed by atoms with van der Waals surface area (Å²) in [5.74, 6) is -0.235. The fourth-order valence-electron chi connectivity index (χ4n) is 3.56. The van der Waals surface area contributed by atoms with E-state index in [0.29, 0.717) is 36.0 Å². The smallest absolute Gasteiger partial charge is 0.306 e. The van der Waals surface area contributed by atoms with Gasteiger partial charge in [0.25, 0.3) is 0 Å². The molecule has 3 rings (SSSR count). The molecule has 1 saturated heterocycles. The third kappa shape index (κ3) is 4.14. The van der Waals surface area contributed by atoms with Crippen molar-refractivity contribution in [2.24, 2.45) is 5.92 Å². The van der Waals surface area contributed by atoms with Crippen molar-refractivity contribution in [3.63, 3.8) is 0 Å². The van der Waals surface area contributed by atoms with E-state index in [-0.39, 0.29) is 12.0 Å². The molecule has 1 unspecified atom stereocenters. The molecular formula is C20H21Cl2NO3. The maximum atomic E-state index is 11.3. The second kappa shape index (κ2) is 8.30. The highest BCUT2D eigenvalue weighted by molar-refractivity contribution is 6.31. The Bertz CT molecular complexity index is 771. The Morgan fingerprint density at radius 3 is 2.31 bits per heavy atom. The van der Waals surface area contributed by atoms with E-state index >= 15 is 0 Å². The summed E-state index contributed by atoms with van der Waals surface area (Å²) in [5.41, 5.74) is 2.04. The van der Waals surface area contributed by atoms with Gasteiger partial charge >= 0.3 is 5.97 Å². The van der Waals surface area contributed by atoms with E-state index in [1.54, 1.807) is 13.2 Å². The molecule has 4 nitrogen and oxygen atoms in total. The van der Waals surface area contributed by atoms with E-state index in [2.05, 4.69) is 4.90 Å². The van der Waals surface area contributed by atoms with Gasteiger partial charge in [-0.2, -0.15) is 0 Å². The van der Waals surface area contributed by atoms with Crippen LogP contribution in [0.2, 0.25) is 10.0 Å². The molecule has 6 heteroatoms. The van der Waals surface area contributed by atoms with Gasteiger partial charge in [-0.25, -0.2) is 0 Å². The van der Waals surface area contributed by atoms with E-state index in [1.165, 1.54) is 0 Å². The SMILES string of the molecule is COc1ccc(Cl)cc1C(c1ccc(Cl)cc1)N1CCC(C(=O)O)CC1. The van der Waals surface area contributed by atoms with Crippen LogP contribution in [-0.4, -0.2) is 36.2 Å². The fraction of sp³-hybridized carbons (Fsp3) is 0.350. The quantitative estimate of drug-likeness (QED) is 0.785. The Labute approximate surface area is 163 Å². The monoisotopic (exact) mass is 393 g/mol. The molecule has 0 aromatic heterocycles. The Kier molecular flexibility index (Phi) is 6.07. The molecule has 0 radical (unpaired) electrons. The van der Waals surface area contributed by atoms with Crippen molar-refractivity contribution in [3.8, 4) is 5.75 Å². The number of hydrogen-bond donors (Lipinski definition) is 1. The van der Waals surface area contributed by atoms with Gasteiger partial charge < -0.3 is 9.84 Å². The second-order valence-electron chi connectivity index (χ2n) is 6.49. The number of benzene rings is 2. The maximum Gasteiger partial charge on any atom is 0.306 e. The van der Waals surface area contributed by atoms with Gasteiger partial charge in [0.2, 0.25) is 0 Å². The van der Waals surface area contributed by atoms with Gasteiger partial charge in [0.1, 0.15) is 5.75 Å². The minimum atomic E-state index is -0.715. The lowest BCUT2D eigenvalue weighted by Gasteiger charge is -2.37. The molecule has 0 amide bonds. The van der Waals surface area contributed by atoms with Crippen LogP contribution < -0.4 is 4.74 Å². The molecular weight excluding hydrogens is 373 g/mol. The minimum absolute atomic E-state index is 0.0735. The predicted octanol–water partition coefficient (Wildman–Crippen LogP) is 4.89. The average molecular weight is 394 g/mol. The number of ether oxygens (including phenoxy) is 1. The highest BCUT2D eigenvalue weighted by atomic mass is 35.5. The molecule has 0 aliphatic carbocycles. The van der Waals surface area contributed by atoms with Crippen molar-refractivity contribution in [2.75, 3.05) is 20.2 Å². The lowest BCUT2D eigenvalue weighted by molar-refractivity contribution is -0.143. The van der Waals surface area contributed by atoms with Crippen molar-refractivity contribution in [2.45, 2.75) is 18.9 Å². The Morgan fingerprint density at radius 2 is 1.73 bits per heavy atom. The Hall–Kier alpha value is -1.75. The number of likely N-dealkylation sites (tertiary alicyclic amines) is 1. The fourth-order valence-corrected chi connectivity index (χ4v) is 3.86. The van der Waals surface area contributed by atoms with E-state index in [4.69, 9.17) is 27.9 Å². The second-order valence-corrected chi connectivity index (χ2v) is 7.36. The Morgan fingerprint density at radius 1 is 1.12 bits per heavy atom. The summed E-state index contributed by atoms with van der Waals surface area (Å²) in [6.07, 6.45) is 1.25. The summed E-state index contributed by atoms with van der Waals surface area (Å²) in [6.45, 7) is 1.39. The number of piperidine rings is 1. The lowest BCUT2D eigenvalue weighted by Crippen LogP contribution is -2.39. The molecule has 2 aromatic rings. The van der Waals surface area contributed by atoms with Gasteiger partial charge in [0.15, 0.2) is 0 Å². The number of methoxy groups -OCH3 is 1. The first kappa shape index (κ1) is 19.0. The molecule has 1 fully saturated rings. The van der Waals surface area contributed by atoms with E-state index in [0.717, 1.165) is 16.9 Å². The molecule has 0 spiro atoms. The molecule has 0 bridgehead atoms. The number of halogens is 2. The van der Waals surface area contributed by atoms with Gasteiger partial charge in [0.05, 0.1) is 19.1 Å². The molecule has 1 aliphatic rings. The van der Waals surface area contributed by atoms with Crippen LogP contribution in [-0.2, 0) is 4.79 Å². The first-order chi connectivity index (χ1) is 12.5. The summed E-state index contributed by atoms with van der Waals surface area (Å²) in [6, 6.07) is 13.2. The van der Waals surface area contributed by atoms with Crippen molar-refractivity contribution >= 4 is 29.2 Å². The molecule has 138 valence electrons. The standard InChI is InChI=1S/C20H21Cl2NO3/c1-26-18-7-6-16(22)12-17(18)19(13-2-4-15(21)5-3-13)23-10-8-14(9-11-23)20(24)25/h2-7,12,14,19H,8-11H2,1H3,(H,24,25). The summed E-state index contributed by atoms with van der Waals surface area (Å²) in [7, 11) is 1.64. The lowest BCUT2D eigenvalue weighted by atomic mass is 9.91. The summed E-state index contributed by atoms with van der Waals surface area (Å²) in [5, 5.41) is 10.6. The van der Waals surface area contributed by atoms with Crippen molar-refractivity contribution in [1.82, 2.24) is 4.90 Å². The van der Waals surface area contributed by atoms with Crippen molar-refractivity contribution in [3.05, 3.63) is 63.6 Å². The summed E-state index contributed by atoms with van der Waals surface area (Å²) in [4.78, 5) is 13.6. The predicted molar refractivity (Wildman–Crippen MR) is 103 cm³/mol. The maximum absolute atomic E-state index is 11.3. The van der Waals surface area contributed by atoms with Gasteiger partial charge in [-0.05, 0) is 61.8 Å². The van der Waals surface area contributed by atoms with Crippen LogP contribution in [0, 0.1) is 5.92 Å². The zero-order valence-electron chi connectivity index (χ0n) is 14.5. The summed E-state index contributed by atoms with van der Waals surface area (Å²) < 4.78 is 5.57. The third-order valence-corrected chi connectivity index (χ3v) is 5.40. The first-order valence-corrected chi connectivity index (χ1v) is 9.31. The van der Waals surface area contributed by atoms with Gasteiger partial charge in [-0.1, -0.05) is 35.3 Å². The highest BCUT2D eigenvalue weighted by Crippen LogP contribution is 2.38. The number of hydrogen-bond acceptors (Lipinski definition) is 3. The van der Waals surface area contributed by atoms with E-state index in [9.17, 15) is 9.90 Å². The normalized spacial score (nSPS) is 17.0. The first-order valence-electron chi connectivity index (χ1n) is 8.55. The number of rotatable bonds is 5. The highest BCUT2D eigenvalue weighted by Gasteiger charge is 2.31. The van der Waals surface area contributed by atoms with Crippen LogP contribution in [0.4, 0.5) is 0 Å². The van der Waals surface area contributed by atoms with E-state index in [1.807, 2.05) is 36.4 Å². The molecule has 0 saturated carbocycles. The van der Waals surface area contributed by atoms with Crippen molar-refractivity contribution < 1.29 is 14.6 Å². The van der Waals surface area contributed by atoms with Gasteiger partial charge in [-0.3, -0.25) is 9.69 Å². The zero-order chi connectivity index (χ0) is 18.7. The average Bonchev–Trinajstić information content (AvgIpc) is 2.64. The molecule has 1 N–H and O–H groups in total. The van der Waals surface area contributed by atoms with Crippen LogP contribution in [0.3, 0.4) is 0 Å². The third-order valence-electron chi connectivity index (χ3n) is 4.92. The number of nitrogens with zero attached hydrogens (tertiary/aromatic N) is 1. The van der Waals surface area contributed by atoms with Crippen LogP contribution in [0.15, 0.2) is 42.5 Å². The zero-order valence-corrected chi connectivity index (χ0v) is 16.0. The van der Waals surface area contributed by atoms with Crippen LogP contribution >= 0.6 is 23.2 Å². The number of carboxylic acids is 1. The topological polar surface area (TPSA) is 49.8 Å². The van der Waals surface area contributed by atoms with Gasteiger partial charge in [-0.15, -0.1) is 0 Å². The van der Waals surface area contributed by atoms with Crippen LogP contribution in [0.5, 0.6) is 5.75 Å². The van der Waals surface area contributed by atoms with E-state index < -0.39 is 5.97 Å². The van der Waals surface area contributed by atoms with Crippen LogP contribution in [0.1, 0.15) is 30.0 Å². The summed E-state index contributed by atoms with van der Waals surface area (Å²) >= 11 is 12.3. The number of carbonyl (C=O) groups is 1. The minimum Gasteiger partial charge on any atom is -0.496 e. The Balaban J connectivity index is 1.99. The largest absolute Gasteiger partial charge is 0.496 e. The molecule has 1 aliphatic heterocycles. The molecule has 1 heterocycles. The molecule has 26 heavy (non-hydrogen) atoms. The van der Waals surface area contributed by atoms with Crippen LogP contribution in [0.25, 0.3) is 0 Å². The van der Waals surface area contributed by atoms with Gasteiger partial charge in [0, 0.05) is 15.6 Å². The number of aliphatic carboxylic acids is 1. The molecule has 1 atom stereocenters. The van der Waals surface area contributed by atoms with Crippen molar-refractivity contribution in [1.29, 1.82) is 0 Å². The molecule has 2 aromatic carbocycles. The number of carboxylic acid groups (broad SMARTS) is 1.